The molecule has 108 valence electrons. The van der Waals surface area contributed by atoms with Gasteiger partial charge in [-0.15, -0.1) is 11.3 Å². The minimum atomic E-state index is 0.906. The summed E-state index contributed by atoms with van der Waals surface area (Å²) in [6.45, 7) is 9.09. The van der Waals surface area contributed by atoms with Gasteiger partial charge in [0.05, 0.1) is 12.2 Å². The van der Waals surface area contributed by atoms with Crippen molar-refractivity contribution < 1.29 is 0 Å². The Kier molecular flexibility index (Phi) is 5.79. The van der Waals surface area contributed by atoms with Gasteiger partial charge in [-0.1, -0.05) is 20.3 Å². The Bertz CT molecular complexity index is 357. The van der Waals surface area contributed by atoms with Crippen molar-refractivity contribution in [2.45, 2.75) is 52.6 Å². The van der Waals surface area contributed by atoms with Gasteiger partial charge in [0.15, 0.2) is 0 Å². The van der Waals surface area contributed by atoms with Gasteiger partial charge in [-0.25, -0.2) is 4.98 Å². The molecule has 0 aromatic carbocycles. The van der Waals surface area contributed by atoms with Crippen LogP contribution in [0, 0.1) is 5.92 Å². The zero-order chi connectivity index (χ0) is 13.7. The molecule has 0 aliphatic carbocycles. The molecule has 1 aliphatic heterocycles. The van der Waals surface area contributed by atoms with Gasteiger partial charge in [-0.05, 0) is 45.3 Å². The molecule has 1 aromatic rings. The van der Waals surface area contributed by atoms with E-state index in [1.54, 1.807) is 0 Å². The number of thiazole rings is 1. The zero-order valence-electron chi connectivity index (χ0n) is 12.5. The minimum absolute atomic E-state index is 0.906. The Morgan fingerprint density at radius 3 is 2.74 bits per heavy atom. The maximum absolute atomic E-state index is 4.87. The van der Waals surface area contributed by atoms with Crippen LogP contribution >= 0.6 is 11.3 Å². The lowest BCUT2D eigenvalue weighted by atomic mass is 9.99. The highest BCUT2D eigenvalue weighted by Crippen LogP contribution is 2.23. The highest BCUT2D eigenvalue weighted by atomic mass is 32.1. The van der Waals surface area contributed by atoms with Crippen molar-refractivity contribution >= 4 is 11.3 Å². The number of likely N-dealkylation sites (tertiary alicyclic amines) is 1. The van der Waals surface area contributed by atoms with E-state index in [0.29, 0.717) is 0 Å². The molecule has 0 bridgehead atoms. The first-order chi connectivity index (χ1) is 9.22. The van der Waals surface area contributed by atoms with Crippen molar-refractivity contribution in [2.75, 3.05) is 20.1 Å². The van der Waals surface area contributed by atoms with Gasteiger partial charge in [0, 0.05) is 11.4 Å². The zero-order valence-corrected chi connectivity index (χ0v) is 13.4. The fraction of sp³-hybridized carbons (Fsp3) is 0.800. The summed E-state index contributed by atoms with van der Waals surface area (Å²) in [6, 6.07) is 0. The van der Waals surface area contributed by atoms with Crippen LogP contribution < -0.4 is 5.32 Å². The Labute approximate surface area is 121 Å². The summed E-state index contributed by atoms with van der Waals surface area (Å²) in [7, 11) is 2.02. The van der Waals surface area contributed by atoms with Gasteiger partial charge in [0.2, 0.25) is 0 Å². The summed E-state index contributed by atoms with van der Waals surface area (Å²) in [5, 5.41) is 4.57. The quantitative estimate of drug-likeness (QED) is 0.868. The van der Waals surface area contributed by atoms with Crippen molar-refractivity contribution in [3.63, 3.8) is 0 Å². The third-order valence-corrected chi connectivity index (χ3v) is 4.96. The van der Waals surface area contributed by atoms with Crippen molar-refractivity contribution in [3.8, 4) is 0 Å². The molecule has 1 N–H and O–H groups in total. The summed E-state index contributed by atoms with van der Waals surface area (Å²) in [5.74, 6) is 0.906. The van der Waals surface area contributed by atoms with E-state index in [0.717, 1.165) is 25.4 Å². The molecule has 0 unspecified atom stereocenters. The summed E-state index contributed by atoms with van der Waals surface area (Å²) in [4.78, 5) is 8.87. The number of nitrogens with zero attached hydrogens (tertiary/aromatic N) is 2. The second kappa shape index (κ2) is 7.36. The molecule has 19 heavy (non-hydrogen) atoms. The van der Waals surface area contributed by atoms with Crippen LogP contribution in [0.1, 0.15) is 48.7 Å². The largest absolute Gasteiger partial charge is 0.315 e. The van der Waals surface area contributed by atoms with E-state index in [1.165, 1.54) is 47.9 Å². The maximum atomic E-state index is 4.87. The molecule has 0 spiro atoms. The number of aromatic nitrogens is 1. The number of nitrogens with one attached hydrogen (secondary N) is 1. The Morgan fingerprint density at radius 2 is 2.11 bits per heavy atom. The molecular weight excluding hydrogens is 254 g/mol. The van der Waals surface area contributed by atoms with Crippen LogP contribution in [-0.4, -0.2) is 30.0 Å². The fourth-order valence-corrected chi connectivity index (χ4v) is 3.82. The summed E-state index contributed by atoms with van der Waals surface area (Å²) < 4.78 is 0. The van der Waals surface area contributed by atoms with Gasteiger partial charge in [-0.2, -0.15) is 0 Å². The topological polar surface area (TPSA) is 28.2 Å². The minimum Gasteiger partial charge on any atom is -0.315 e. The average Bonchev–Trinajstić information content (AvgIpc) is 2.75. The van der Waals surface area contributed by atoms with Gasteiger partial charge < -0.3 is 5.32 Å². The lowest BCUT2D eigenvalue weighted by molar-refractivity contribution is 0.185. The molecule has 1 aromatic heterocycles. The number of piperidine rings is 1. The van der Waals surface area contributed by atoms with Crippen LogP contribution in [0.15, 0.2) is 0 Å². The summed E-state index contributed by atoms with van der Waals surface area (Å²) in [6.07, 6.45) is 4.98. The van der Waals surface area contributed by atoms with Crippen LogP contribution in [-0.2, 0) is 19.5 Å². The van der Waals surface area contributed by atoms with Gasteiger partial charge in [-0.3, -0.25) is 4.90 Å². The van der Waals surface area contributed by atoms with Gasteiger partial charge >= 0.3 is 0 Å². The molecule has 2 heterocycles. The molecule has 1 saturated heterocycles. The molecule has 2 rings (SSSR count). The molecule has 0 atom stereocenters. The van der Waals surface area contributed by atoms with Crippen LogP contribution in [0.25, 0.3) is 0 Å². The predicted octanol–water partition coefficient (Wildman–Crippen LogP) is 3.05. The standard InChI is InChI=1S/C15H27N3S/c1-4-5-13-14(10-16-3)19-15(17-13)11-18-8-6-12(2)7-9-18/h12,16H,4-11H2,1-3H3. The monoisotopic (exact) mass is 281 g/mol. The van der Waals surface area contributed by atoms with E-state index in [1.807, 2.05) is 18.4 Å². The molecule has 4 heteroatoms. The maximum Gasteiger partial charge on any atom is 0.107 e. The highest BCUT2D eigenvalue weighted by molar-refractivity contribution is 7.11. The Morgan fingerprint density at radius 1 is 1.37 bits per heavy atom. The molecule has 0 saturated carbocycles. The van der Waals surface area contributed by atoms with E-state index >= 15 is 0 Å². The SMILES string of the molecule is CCCc1nc(CN2CCC(C)CC2)sc1CNC. The van der Waals surface area contributed by atoms with Crippen molar-refractivity contribution in [2.24, 2.45) is 5.92 Å². The van der Waals surface area contributed by atoms with Crippen LogP contribution in [0.4, 0.5) is 0 Å². The van der Waals surface area contributed by atoms with E-state index in [9.17, 15) is 0 Å². The summed E-state index contributed by atoms with van der Waals surface area (Å²) >= 11 is 1.90. The van der Waals surface area contributed by atoms with E-state index in [2.05, 4.69) is 24.1 Å². The predicted molar refractivity (Wildman–Crippen MR) is 82.5 cm³/mol. The van der Waals surface area contributed by atoms with Gasteiger partial charge in [0.1, 0.15) is 5.01 Å². The first-order valence-corrected chi connectivity index (χ1v) is 8.39. The fourth-order valence-electron chi connectivity index (χ4n) is 2.65. The van der Waals surface area contributed by atoms with Crippen molar-refractivity contribution in [1.29, 1.82) is 0 Å². The van der Waals surface area contributed by atoms with Gasteiger partial charge in [0.25, 0.3) is 0 Å². The van der Waals surface area contributed by atoms with Crippen molar-refractivity contribution in [3.05, 3.63) is 15.6 Å². The van der Waals surface area contributed by atoms with Crippen LogP contribution in [0.5, 0.6) is 0 Å². The van der Waals surface area contributed by atoms with Crippen LogP contribution in [0.2, 0.25) is 0 Å². The number of hydrogen-bond acceptors (Lipinski definition) is 4. The van der Waals surface area contributed by atoms with Crippen LogP contribution in [0.3, 0.4) is 0 Å². The second-order valence-corrected chi connectivity index (χ2v) is 6.88. The Balaban J connectivity index is 1.97. The molecule has 3 nitrogen and oxygen atoms in total. The first-order valence-electron chi connectivity index (χ1n) is 7.57. The lowest BCUT2D eigenvalue weighted by Gasteiger charge is -2.29. The number of rotatable bonds is 6. The smallest absolute Gasteiger partial charge is 0.107 e. The molecular formula is C15H27N3S. The number of hydrogen-bond donors (Lipinski definition) is 1. The number of aryl methyl sites for hydroxylation is 1. The third kappa shape index (κ3) is 4.26. The lowest BCUT2D eigenvalue weighted by Crippen LogP contribution is -2.32. The third-order valence-electron chi connectivity index (χ3n) is 3.88. The first kappa shape index (κ1) is 14.9. The average molecular weight is 281 g/mol. The van der Waals surface area contributed by atoms with E-state index in [4.69, 9.17) is 4.98 Å². The molecule has 1 aliphatic rings. The Hall–Kier alpha value is -0.450. The molecule has 0 amide bonds. The molecule has 1 fully saturated rings. The van der Waals surface area contributed by atoms with E-state index in [-0.39, 0.29) is 0 Å². The second-order valence-electron chi connectivity index (χ2n) is 5.72. The summed E-state index contributed by atoms with van der Waals surface area (Å²) in [5.41, 5.74) is 1.32. The van der Waals surface area contributed by atoms with Crippen molar-refractivity contribution in [1.82, 2.24) is 15.2 Å². The normalized spacial score (nSPS) is 18.1. The molecule has 0 radical (unpaired) electrons. The van der Waals surface area contributed by atoms with E-state index < -0.39 is 0 Å². The highest BCUT2D eigenvalue weighted by Gasteiger charge is 2.18.